The molecule has 6 nitrogen and oxygen atoms in total. The van der Waals surface area contributed by atoms with Crippen molar-refractivity contribution in [1.82, 2.24) is 4.72 Å². The van der Waals surface area contributed by atoms with Crippen molar-refractivity contribution in [3.63, 3.8) is 0 Å². The van der Waals surface area contributed by atoms with E-state index in [0.29, 0.717) is 5.56 Å². The fourth-order valence-corrected chi connectivity index (χ4v) is 2.71. The Morgan fingerprint density at radius 1 is 1.40 bits per heavy atom. The molecule has 0 aromatic heterocycles. The molecule has 0 radical (unpaired) electrons. The molecule has 0 aliphatic heterocycles. The van der Waals surface area contributed by atoms with Crippen LogP contribution in [-0.2, 0) is 19.5 Å². The second-order valence-corrected chi connectivity index (χ2v) is 6.04. The molecule has 0 bridgehead atoms. The van der Waals surface area contributed by atoms with Crippen LogP contribution in [0, 0.1) is 12.7 Å². The Morgan fingerprint density at radius 3 is 2.60 bits per heavy atom. The van der Waals surface area contributed by atoms with Crippen LogP contribution in [0.4, 0.5) is 10.1 Å². The summed E-state index contributed by atoms with van der Waals surface area (Å²) in [6.07, 6.45) is -0.458. The predicted octanol–water partition coefficient (Wildman–Crippen LogP) is 0.656. The lowest BCUT2D eigenvalue weighted by Crippen LogP contribution is -2.36. The van der Waals surface area contributed by atoms with Crippen molar-refractivity contribution in [1.29, 1.82) is 0 Å². The molecule has 3 N–H and O–H groups in total. The number of aryl methyl sites for hydroxylation is 1. The monoisotopic (exact) mass is 306 g/mol. The van der Waals surface area contributed by atoms with Crippen LogP contribution < -0.4 is 10.5 Å². The van der Waals surface area contributed by atoms with Crippen LogP contribution in [0.25, 0.3) is 0 Å². The Morgan fingerprint density at radius 2 is 2.05 bits per heavy atom. The van der Waals surface area contributed by atoms with Crippen molar-refractivity contribution in [3.8, 4) is 0 Å². The van der Waals surface area contributed by atoms with Crippen LogP contribution in [0.1, 0.15) is 5.56 Å². The topological polar surface area (TPSA) is 90.7 Å². The summed E-state index contributed by atoms with van der Waals surface area (Å²) in [5, 5.41) is 0. The highest BCUT2D eigenvalue weighted by molar-refractivity contribution is 7.89. The Labute approximate surface area is 118 Å². The Balaban J connectivity index is 2.92. The first kappa shape index (κ1) is 16.8. The molecule has 0 heterocycles. The molecule has 1 rings (SSSR count). The SMILES string of the molecule is COCC(CNS(=O)(=O)c1cc(N)c(C)cc1F)OC. The number of benzene rings is 1. The maximum Gasteiger partial charge on any atom is 0.243 e. The third-order valence-corrected chi connectivity index (χ3v) is 4.24. The molecule has 0 aliphatic rings. The Hall–Kier alpha value is -1.22. The molecule has 0 amide bonds. The highest BCUT2D eigenvalue weighted by atomic mass is 32.2. The molecule has 1 aromatic rings. The quantitative estimate of drug-likeness (QED) is 0.722. The summed E-state index contributed by atoms with van der Waals surface area (Å²) in [6.45, 7) is 1.79. The van der Waals surface area contributed by atoms with Gasteiger partial charge in [0.2, 0.25) is 10.0 Å². The fourth-order valence-electron chi connectivity index (χ4n) is 1.55. The molecule has 1 aromatic carbocycles. The molecule has 0 spiro atoms. The van der Waals surface area contributed by atoms with E-state index < -0.39 is 26.8 Å². The van der Waals surface area contributed by atoms with Gasteiger partial charge in [0.1, 0.15) is 10.7 Å². The van der Waals surface area contributed by atoms with E-state index in [1.165, 1.54) is 14.2 Å². The van der Waals surface area contributed by atoms with Gasteiger partial charge in [-0.05, 0) is 24.6 Å². The lowest BCUT2D eigenvalue weighted by molar-refractivity contribution is 0.0320. The van der Waals surface area contributed by atoms with Crippen molar-refractivity contribution in [2.24, 2.45) is 0 Å². The van der Waals surface area contributed by atoms with Crippen LogP contribution in [0.15, 0.2) is 17.0 Å². The normalized spacial score (nSPS) is 13.4. The van der Waals surface area contributed by atoms with Crippen molar-refractivity contribution in [2.45, 2.75) is 17.9 Å². The minimum Gasteiger partial charge on any atom is -0.398 e. The van der Waals surface area contributed by atoms with E-state index in [-0.39, 0.29) is 18.8 Å². The molecule has 0 saturated carbocycles. The zero-order valence-corrected chi connectivity index (χ0v) is 12.5. The number of methoxy groups -OCH3 is 2. The predicted molar refractivity (Wildman–Crippen MR) is 73.4 cm³/mol. The van der Waals surface area contributed by atoms with E-state index >= 15 is 0 Å². The molecule has 0 fully saturated rings. The molecule has 114 valence electrons. The lowest BCUT2D eigenvalue weighted by Gasteiger charge is -2.15. The molecular weight excluding hydrogens is 287 g/mol. The molecule has 0 saturated heterocycles. The summed E-state index contributed by atoms with van der Waals surface area (Å²) in [5.74, 6) is -0.843. The number of rotatable bonds is 7. The summed E-state index contributed by atoms with van der Waals surface area (Å²) in [5.41, 5.74) is 6.31. The van der Waals surface area contributed by atoms with E-state index in [4.69, 9.17) is 15.2 Å². The van der Waals surface area contributed by atoms with Crippen LogP contribution >= 0.6 is 0 Å². The summed E-state index contributed by atoms with van der Waals surface area (Å²) in [6, 6.07) is 2.19. The first-order chi connectivity index (χ1) is 9.31. The summed E-state index contributed by atoms with van der Waals surface area (Å²) < 4.78 is 50.0. The van der Waals surface area contributed by atoms with Gasteiger partial charge in [0.05, 0.1) is 12.7 Å². The number of ether oxygens (including phenoxy) is 2. The minimum absolute atomic E-state index is 0.0279. The zero-order valence-electron chi connectivity index (χ0n) is 11.6. The van der Waals surface area contributed by atoms with Gasteiger partial charge in [-0.15, -0.1) is 0 Å². The van der Waals surface area contributed by atoms with Crippen molar-refractivity contribution >= 4 is 15.7 Å². The van der Waals surface area contributed by atoms with Gasteiger partial charge in [0.15, 0.2) is 0 Å². The highest BCUT2D eigenvalue weighted by Gasteiger charge is 2.21. The minimum atomic E-state index is -3.99. The van der Waals surface area contributed by atoms with Gasteiger partial charge in [-0.3, -0.25) is 0 Å². The van der Waals surface area contributed by atoms with Crippen LogP contribution in [0.3, 0.4) is 0 Å². The second-order valence-electron chi connectivity index (χ2n) is 4.30. The first-order valence-corrected chi connectivity index (χ1v) is 7.37. The maximum absolute atomic E-state index is 13.7. The summed E-state index contributed by atoms with van der Waals surface area (Å²) >= 11 is 0. The third-order valence-electron chi connectivity index (χ3n) is 2.80. The number of anilines is 1. The number of nitrogen functional groups attached to an aromatic ring is 1. The van der Waals surface area contributed by atoms with Crippen LogP contribution in [0.2, 0.25) is 0 Å². The number of sulfonamides is 1. The highest BCUT2D eigenvalue weighted by Crippen LogP contribution is 2.21. The molecule has 1 unspecified atom stereocenters. The van der Waals surface area contributed by atoms with Gasteiger partial charge in [-0.2, -0.15) is 0 Å². The molecule has 20 heavy (non-hydrogen) atoms. The Kier molecular flexibility index (Phi) is 5.88. The number of nitrogens with two attached hydrogens (primary N) is 1. The fraction of sp³-hybridized carbons (Fsp3) is 0.500. The molecule has 1 atom stereocenters. The summed E-state index contributed by atoms with van der Waals surface area (Å²) in [7, 11) is -1.09. The Bertz CT molecular complexity index is 563. The van der Waals surface area contributed by atoms with E-state index in [0.717, 1.165) is 12.1 Å². The van der Waals surface area contributed by atoms with Gasteiger partial charge in [-0.1, -0.05) is 0 Å². The number of halogens is 1. The molecular formula is C12H19FN2O4S. The van der Waals surface area contributed by atoms with E-state index in [1.807, 2.05) is 0 Å². The summed E-state index contributed by atoms with van der Waals surface area (Å²) in [4.78, 5) is -0.479. The number of nitrogens with one attached hydrogen (secondary N) is 1. The smallest absolute Gasteiger partial charge is 0.243 e. The van der Waals surface area contributed by atoms with Gasteiger partial charge in [0.25, 0.3) is 0 Å². The van der Waals surface area contributed by atoms with Gasteiger partial charge < -0.3 is 15.2 Å². The standard InChI is InChI=1S/C12H19FN2O4S/c1-8-4-10(13)12(5-11(8)14)20(16,17)15-6-9(19-3)7-18-2/h4-5,9,15H,6-7,14H2,1-3H3. The van der Waals surface area contributed by atoms with Gasteiger partial charge in [0, 0.05) is 26.5 Å². The van der Waals surface area contributed by atoms with Crippen LogP contribution in [0.5, 0.6) is 0 Å². The molecule has 0 aliphatic carbocycles. The average molecular weight is 306 g/mol. The van der Waals surface area contributed by atoms with Crippen molar-refractivity contribution in [2.75, 3.05) is 33.1 Å². The van der Waals surface area contributed by atoms with E-state index in [2.05, 4.69) is 4.72 Å². The van der Waals surface area contributed by atoms with E-state index in [9.17, 15) is 12.8 Å². The second kappa shape index (κ2) is 6.98. The number of hydrogen-bond donors (Lipinski definition) is 2. The maximum atomic E-state index is 13.7. The molecule has 8 heteroatoms. The average Bonchev–Trinajstić information content (AvgIpc) is 2.38. The van der Waals surface area contributed by atoms with E-state index in [1.54, 1.807) is 6.92 Å². The van der Waals surface area contributed by atoms with Crippen LogP contribution in [-0.4, -0.2) is 41.9 Å². The third kappa shape index (κ3) is 4.14. The van der Waals surface area contributed by atoms with Crippen molar-refractivity contribution < 1.29 is 22.3 Å². The lowest BCUT2D eigenvalue weighted by atomic mass is 10.2. The van der Waals surface area contributed by atoms with Gasteiger partial charge in [-0.25, -0.2) is 17.5 Å². The zero-order chi connectivity index (χ0) is 15.3. The van der Waals surface area contributed by atoms with Crippen molar-refractivity contribution in [3.05, 3.63) is 23.5 Å². The first-order valence-electron chi connectivity index (χ1n) is 5.88. The largest absolute Gasteiger partial charge is 0.398 e. The number of hydrogen-bond acceptors (Lipinski definition) is 5. The van der Waals surface area contributed by atoms with Gasteiger partial charge >= 0.3 is 0 Å².